The summed E-state index contributed by atoms with van der Waals surface area (Å²) in [6.45, 7) is 4.46. The highest BCUT2D eigenvalue weighted by molar-refractivity contribution is 5.81. The van der Waals surface area contributed by atoms with E-state index in [1.54, 1.807) is 0 Å². The van der Waals surface area contributed by atoms with Gasteiger partial charge in [0.25, 0.3) is 0 Å². The second kappa shape index (κ2) is 5.04. The van der Waals surface area contributed by atoms with Crippen LogP contribution >= 0.6 is 0 Å². The number of hydrogen-bond acceptors (Lipinski definition) is 4. The van der Waals surface area contributed by atoms with Gasteiger partial charge >= 0.3 is 0 Å². The molecule has 0 radical (unpaired) electrons. The highest BCUT2D eigenvalue weighted by Gasteiger charge is 2.38. The van der Waals surface area contributed by atoms with Crippen molar-refractivity contribution in [3.8, 4) is 0 Å². The van der Waals surface area contributed by atoms with Gasteiger partial charge < -0.3 is 21.4 Å². The van der Waals surface area contributed by atoms with Crippen molar-refractivity contribution in [2.45, 2.75) is 19.8 Å². The Kier molecular flexibility index (Phi) is 3.33. The quantitative estimate of drug-likeness (QED) is 0.727. The lowest BCUT2D eigenvalue weighted by atomic mass is 9.89. The molecule has 1 unspecified atom stereocenters. The van der Waals surface area contributed by atoms with Crippen molar-refractivity contribution in [1.82, 2.24) is 14.9 Å². The molecule has 1 atom stereocenters. The lowest BCUT2D eigenvalue weighted by molar-refractivity contribution is -0.126. The maximum absolute atomic E-state index is 11.5. The number of rotatable bonds is 4. The first-order valence-corrected chi connectivity index (χ1v) is 7.23. The van der Waals surface area contributed by atoms with Gasteiger partial charge in [-0.05, 0) is 38.1 Å². The van der Waals surface area contributed by atoms with Crippen LogP contribution in [0.1, 0.15) is 19.2 Å². The molecule has 0 bridgehead atoms. The third kappa shape index (κ3) is 2.71. The number of imidazole rings is 1. The topological polar surface area (TPSA) is 101 Å². The van der Waals surface area contributed by atoms with Gasteiger partial charge in [-0.15, -0.1) is 0 Å². The minimum absolute atomic E-state index is 0.204. The van der Waals surface area contributed by atoms with Gasteiger partial charge in [0.15, 0.2) is 0 Å². The molecular weight excluding hydrogens is 266 g/mol. The SMILES string of the molecule is CC1(C(N)=O)CCN(CCc2nc3ccc(N)cc3[nH]2)C1. The van der Waals surface area contributed by atoms with Crippen LogP contribution in [-0.2, 0) is 11.2 Å². The van der Waals surface area contributed by atoms with E-state index in [1.165, 1.54) is 0 Å². The van der Waals surface area contributed by atoms with Crippen molar-refractivity contribution >= 4 is 22.6 Å². The Morgan fingerprint density at radius 2 is 2.33 bits per heavy atom. The van der Waals surface area contributed by atoms with Gasteiger partial charge in [0.2, 0.25) is 5.91 Å². The number of nitrogens with two attached hydrogens (primary N) is 2. The fourth-order valence-electron chi connectivity index (χ4n) is 2.91. The number of fused-ring (bicyclic) bond motifs is 1. The van der Waals surface area contributed by atoms with Gasteiger partial charge in [0.05, 0.1) is 16.4 Å². The van der Waals surface area contributed by atoms with Crippen molar-refractivity contribution in [1.29, 1.82) is 0 Å². The van der Waals surface area contributed by atoms with Crippen LogP contribution in [0.5, 0.6) is 0 Å². The van der Waals surface area contributed by atoms with E-state index in [2.05, 4.69) is 14.9 Å². The smallest absolute Gasteiger partial charge is 0.224 e. The summed E-state index contributed by atoms with van der Waals surface area (Å²) in [5, 5.41) is 0. The molecule has 1 aliphatic heterocycles. The second-order valence-electron chi connectivity index (χ2n) is 6.16. The molecule has 2 heterocycles. The minimum atomic E-state index is -0.387. The van der Waals surface area contributed by atoms with E-state index in [9.17, 15) is 4.79 Å². The van der Waals surface area contributed by atoms with E-state index in [0.29, 0.717) is 0 Å². The van der Waals surface area contributed by atoms with Gasteiger partial charge in [-0.2, -0.15) is 0 Å². The average molecular weight is 287 g/mol. The number of amides is 1. The molecule has 112 valence electrons. The average Bonchev–Trinajstić information content (AvgIpc) is 3.00. The van der Waals surface area contributed by atoms with Gasteiger partial charge in [0.1, 0.15) is 5.82 Å². The maximum Gasteiger partial charge on any atom is 0.224 e. The van der Waals surface area contributed by atoms with Gasteiger partial charge in [0, 0.05) is 25.2 Å². The normalized spacial score (nSPS) is 22.9. The van der Waals surface area contributed by atoms with Crippen molar-refractivity contribution in [3.63, 3.8) is 0 Å². The fraction of sp³-hybridized carbons (Fsp3) is 0.467. The number of aromatic amines is 1. The Labute approximate surface area is 123 Å². The van der Waals surface area contributed by atoms with Crippen molar-refractivity contribution < 1.29 is 4.79 Å². The molecule has 1 aromatic heterocycles. The molecule has 3 rings (SSSR count). The summed E-state index contributed by atoms with van der Waals surface area (Å²) in [6.07, 6.45) is 1.66. The number of anilines is 1. The molecule has 1 amide bonds. The molecule has 5 N–H and O–H groups in total. The third-order valence-electron chi connectivity index (χ3n) is 4.37. The number of carbonyl (C=O) groups is 1. The number of benzene rings is 1. The Balaban J connectivity index is 1.63. The molecule has 0 spiro atoms. The predicted molar refractivity (Wildman–Crippen MR) is 82.6 cm³/mol. The number of nitrogen functional groups attached to an aromatic ring is 1. The number of hydrogen-bond donors (Lipinski definition) is 3. The van der Waals surface area contributed by atoms with Gasteiger partial charge in [-0.1, -0.05) is 0 Å². The van der Waals surface area contributed by atoms with Gasteiger partial charge in [-0.3, -0.25) is 4.79 Å². The molecule has 1 aliphatic rings. The molecule has 6 nitrogen and oxygen atoms in total. The summed E-state index contributed by atoms with van der Waals surface area (Å²) >= 11 is 0. The first-order valence-electron chi connectivity index (χ1n) is 7.23. The summed E-state index contributed by atoms with van der Waals surface area (Å²) < 4.78 is 0. The standard InChI is InChI=1S/C15H21N5O/c1-15(14(17)21)5-7-20(9-15)6-4-13-18-11-3-2-10(16)8-12(11)19-13/h2-3,8H,4-7,9,16H2,1H3,(H2,17,21)(H,18,19). The number of nitrogens with one attached hydrogen (secondary N) is 1. The first kappa shape index (κ1) is 13.9. The number of nitrogens with zero attached hydrogens (tertiary/aromatic N) is 2. The monoisotopic (exact) mass is 287 g/mol. The number of H-pyrrole nitrogens is 1. The third-order valence-corrected chi connectivity index (χ3v) is 4.37. The molecule has 1 fully saturated rings. The zero-order valence-corrected chi connectivity index (χ0v) is 12.2. The van der Waals surface area contributed by atoms with Crippen LogP contribution in [0, 0.1) is 5.41 Å². The zero-order valence-electron chi connectivity index (χ0n) is 12.2. The van der Waals surface area contributed by atoms with Crippen LogP contribution in [0.25, 0.3) is 11.0 Å². The van der Waals surface area contributed by atoms with Crippen molar-refractivity contribution in [2.75, 3.05) is 25.4 Å². The van der Waals surface area contributed by atoms with Crippen molar-refractivity contribution in [3.05, 3.63) is 24.0 Å². The number of likely N-dealkylation sites (tertiary alicyclic amines) is 1. The number of primary amides is 1. The van der Waals surface area contributed by atoms with Crippen molar-refractivity contribution in [2.24, 2.45) is 11.1 Å². The van der Waals surface area contributed by atoms with E-state index < -0.39 is 0 Å². The van der Waals surface area contributed by atoms with E-state index >= 15 is 0 Å². The van der Waals surface area contributed by atoms with E-state index in [1.807, 2.05) is 25.1 Å². The largest absolute Gasteiger partial charge is 0.399 e. The molecular formula is C15H21N5O. The lowest BCUT2D eigenvalue weighted by Crippen LogP contribution is -2.37. The molecule has 0 aliphatic carbocycles. The number of carbonyl (C=O) groups excluding carboxylic acids is 1. The highest BCUT2D eigenvalue weighted by atomic mass is 16.1. The van der Waals surface area contributed by atoms with Crippen LogP contribution in [0.15, 0.2) is 18.2 Å². The van der Waals surface area contributed by atoms with Crippen LogP contribution in [0.2, 0.25) is 0 Å². The van der Waals surface area contributed by atoms with Crippen LogP contribution in [-0.4, -0.2) is 40.4 Å². The molecule has 0 saturated carbocycles. The second-order valence-corrected chi connectivity index (χ2v) is 6.16. The van der Waals surface area contributed by atoms with E-state index in [-0.39, 0.29) is 11.3 Å². The lowest BCUT2D eigenvalue weighted by Gasteiger charge is -2.20. The zero-order chi connectivity index (χ0) is 15.0. The predicted octanol–water partition coefficient (Wildman–Crippen LogP) is 0.885. The first-order chi connectivity index (χ1) is 9.96. The molecule has 6 heteroatoms. The molecule has 1 saturated heterocycles. The summed E-state index contributed by atoms with van der Waals surface area (Å²) in [5.41, 5.74) is 13.5. The summed E-state index contributed by atoms with van der Waals surface area (Å²) in [5.74, 6) is 0.743. The fourth-order valence-corrected chi connectivity index (χ4v) is 2.91. The van der Waals surface area contributed by atoms with Crippen LogP contribution < -0.4 is 11.5 Å². The molecule has 1 aromatic carbocycles. The summed E-state index contributed by atoms with van der Waals surface area (Å²) in [6, 6.07) is 5.67. The highest BCUT2D eigenvalue weighted by Crippen LogP contribution is 2.29. The Bertz CT molecular complexity index is 680. The van der Waals surface area contributed by atoms with E-state index in [0.717, 1.165) is 55.0 Å². The van der Waals surface area contributed by atoms with Crippen LogP contribution in [0.3, 0.4) is 0 Å². The minimum Gasteiger partial charge on any atom is -0.399 e. The summed E-state index contributed by atoms with van der Waals surface area (Å²) in [4.78, 5) is 21.6. The Morgan fingerprint density at radius 3 is 3.05 bits per heavy atom. The number of aromatic nitrogens is 2. The van der Waals surface area contributed by atoms with E-state index in [4.69, 9.17) is 11.5 Å². The molecule has 21 heavy (non-hydrogen) atoms. The summed E-state index contributed by atoms with van der Waals surface area (Å²) in [7, 11) is 0. The molecule has 2 aromatic rings. The Morgan fingerprint density at radius 1 is 1.52 bits per heavy atom. The Hall–Kier alpha value is -2.08. The van der Waals surface area contributed by atoms with Gasteiger partial charge in [-0.25, -0.2) is 4.98 Å². The van der Waals surface area contributed by atoms with Crippen LogP contribution in [0.4, 0.5) is 5.69 Å². The maximum atomic E-state index is 11.5.